The van der Waals surface area contributed by atoms with Crippen LogP contribution in [0.25, 0.3) is 88.4 Å². The maximum atomic E-state index is 6.91. The van der Waals surface area contributed by atoms with Crippen LogP contribution in [0.3, 0.4) is 0 Å². The van der Waals surface area contributed by atoms with Gasteiger partial charge in [-0.15, -0.1) is 0 Å². The lowest BCUT2D eigenvalue weighted by Gasteiger charge is -2.13. The van der Waals surface area contributed by atoms with Gasteiger partial charge in [0.2, 0.25) is 0 Å². The van der Waals surface area contributed by atoms with Crippen LogP contribution in [0.5, 0.6) is 0 Å². The van der Waals surface area contributed by atoms with E-state index in [1.165, 1.54) is 32.9 Å². The van der Waals surface area contributed by atoms with E-state index in [1.807, 2.05) is 0 Å². The first kappa shape index (κ1) is 26.0. The van der Waals surface area contributed by atoms with Crippen LogP contribution in [-0.4, -0.2) is 9.13 Å². The van der Waals surface area contributed by atoms with Crippen molar-refractivity contribution in [2.75, 3.05) is 0 Å². The molecule has 0 atom stereocenters. The Morgan fingerprint density at radius 3 is 1.66 bits per heavy atom. The van der Waals surface area contributed by atoms with Crippen molar-refractivity contribution in [3.63, 3.8) is 0 Å². The molecule has 10 aromatic rings. The lowest BCUT2D eigenvalue weighted by atomic mass is 9.93. The molecule has 3 heteroatoms. The predicted octanol–water partition coefficient (Wildman–Crippen LogP) is 12.0. The van der Waals surface area contributed by atoms with Crippen LogP contribution in [-0.2, 0) is 0 Å². The Labute approximate surface area is 271 Å². The van der Waals surface area contributed by atoms with E-state index in [2.05, 4.69) is 179 Å². The molecule has 0 N–H and O–H groups in total. The predicted molar refractivity (Wildman–Crippen MR) is 196 cm³/mol. The highest BCUT2D eigenvalue weighted by Gasteiger charge is 2.22. The zero-order valence-electron chi connectivity index (χ0n) is 25.5. The molecule has 220 valence electrons. The van der Waals surface area contributed by atoms with Crippen LogP contribution < -0.4 is 0 Å². The number of aromatic nitrogens is 2. The number of hydrogen-bond acceptors (Lipinski definition) is 1. The van der Waals surface area contributed by atoms with Crippen molar-refractivity contribution < 1.29 is 4.42 Å². The molecule has 0 spiro atoms. The van der Waals surface area contributed by atoms with Crippen molar-refractivity contribution in [2.24, 2.45) is 0 Å². The van der Waals surface area contributed by atoms with Crippen molar-refractivity contribution in [1.29, 1.82) is 0 Å². The number of furan rings is 1. The smallest absolute Gasteiger partial charge is 0.161 e. The summed E-state index contributed by atoms with van der Waals surface area (Å²) in [5, 5.41) is 4.72. The molecule has 3 aromatic heterocycles. The average molecular weight is 601 g/mol. The molecule has 0 fully saturated rings. The summed E-state index contributed by atoms with van der Waals surface area (Å²) in [7, 11) is 0. The van der Waals surface area contributed by atoms with Gasteiger partial charge < -0.3 is 13.6 Å². The summed E-state index contributed by atoms with van der Waals surface area (Å²) in [6.45, 7) is 0. The minimum absolute atomic E-state index is 0.903. The maximum Gasteiger partial charge on any atom is 0.161 e. The molecule has 3 heterocycles. The standard InChI is InChI=1S/C44H28N2O/c1-3-14-30(15-4-1)45-39-24-11-9-20-34(39)35-27-26-29(28-41(35)45)32-18-7-8-19-33(32)36-22-13-23-38-42-44(47-43(36)38)37-21-10-12-25-40(37)46(42)31-16-5-2-6-17-31/h1-28H. The van der Waals surface area contributed by atoms with Gasteiger partial charge in [-0.1, -0.05) is 115 Å². The monoisotopic (exact) mass is 600 g/mol. The molecule has 0 aliphatic carbocycles. The van der Waals surface area contributed by atoms with Crippen molar-refractivity contribution in [3.8, 4) is 33.6 Å². The van der Waals surface area contributed by atoms with E-state index in [9.17, 15) is 0 Å². The Hall–Kier alpha value is -6.32. The highest BCUT2D eigenvalue weighted by Crippen LogP contribution is 2.44. The minimum atomic E-state index is 0.903. The molecule has 0 unspecified atom stereocenters. The van der Waals surface area contributed by atoms with Crippen LogP contribution in [0.1, 0.15) is 0 Å². The van der Waals surface area contributed by atoms with Gasteiger partial charge >= 0.3 is 0 Å². The number of para-hydroxylation sites is 5. The van der Waals surface area contributed by atoms with Gasteiger partial charge in [0, 0.05) is 38.5 Å². The molecule has 0 saturated heterocycles. The van der Waals surface area contributed by atoms with Crippen molar-refractivity contribution in [2.45, 2.75) is 0 Å². The first-order valence-electron chi connectivity index (χ1n) is 16.0. The fraction of sp³-hybridized carbons (Fsp3) is 0. The first-order valence-corrected chi connectivity index (χ1v) is 16.0. The topological polar surface area (TPSA) is 23.0 Å². The summed E-state index contributed by atoms with van der Waals surface area (Å²) < 4.78 is 11.6. The molecule has 47 heavy (non-hydrogen) atoms. The van der Waals surface area contributed by atoms with E-state index in [0.29, 0.717) is 0 Å². The van der Waals surface area contributed by atoms with E-state index in [1.54, 1.807) is 0 Å². The van der Waals surface area contributed by atoms with Crippen LogP contribution >= 0.6 is 0 Å². The Morgan fingerprint density at radius 2 is 0.894 bits per heavy atom. The van der Waals surface area contributed by atoms with Gasteiger partial charge in [0.25, 0.3) is 0 Å². The molecular formula is C44H28N2O. The highest BCUT2D eigenvalue weighted by molar-refractivity contribution is 6.19. The summed E-state index contributed by atoms with van der Waals surface area (Å²) >= 11 is 0. The van der Waals surface area contributed by atoms with E-state index < -0.39 is 0 Å². The molecule has 7 aromatic carbocycles. The van der Waals surface area contributed by atoms with Gasteiger partial charge in [-0.3, -0.25) is 0 Å². The number of fused-ring (bicyclic) bond motifs is 8. The van der Waals surface area contributed by atoms with Gasteiger partial charge in [-0.25, -0.2) is 0 Å². The Kier molecular flexibility index (Phi) is 5.57. The fourth-order valence-electron chi connectivity index (χ4n) is 7.51. The zero-order chi connectivity index (χ0) is 30.9. The minimum Gasteiger partial charge on any atom is -0.453 e. The largest absolute Gasteiger partial charge is 0.453 e. The number of benzene rings is 7. The summed E-state index contributed by atoms with van der Waals surface area (Å²) in [6, 6.07) is 60.5. The van der Waals surface area contributed by atoms with Gasteiger partial charge in [0.05, 0.1) is 16.6 Å². The molecule has 0 radical (unpaired) electrons. The molecule has 0 saturated carbocycles. The molecule has 0 aliphatic rings. The molecule has 0 bridgehead atoms. The SMILES string of the molecule is c1ccc(-n2c3ccccc3c3ccc(-c4ccccc4-c4cccc5c4oc4c6ccccc6n(-c6ccccc6)c54)cc32)cc1. The maximum absolute atomic E-state index is 6.91. The second kappa shape index (κ2) is 10.1. The molecular weight excluding hydrogens is 572 g/mol. The van der Waals surface area contributed by atoms with E-state index in [4.69, 9.17) is 4.42 Å². The second-order valence-corrected chi connectivity index (χ2v) is 12.1. The molecule has 10 rings (SSSR count). The van der Waals surface area contributed by atoms with Crippen LogP contribution in [0.2, 0.25) is 0 Å². The number of rotatable bonds is 4. The van der Waals surface area contributed by atoms with Gasteiger partial charge in [-0.2, -0.15) is 0 Å². The Bertz CT molecular complexity index is 2780. The lowest BCUT2D eigenvalue weighted by Crippen LogP contribution is -1.94. The number of hydrogen-bond donors (Lipinski definition) is 0. The third-order valence-electron chi connectivity index (χ3n) is 9.53. The van der Waals surface area contributed by atoms with Crippen molar-refractivity contribution >= 4 is 54.8 Å². The normalized spacial score (nSPS) is 11.8. The zero-order valence-corrected chi connectivity index (χ0v) is 25.5. The average Bonchev–Trinajstić information content (AvgIpc) is 3.79. The third-order valence-corrected chi connectivity index (χ3v) is 9.53. The Morgan fingerprint density at radius 1 is 0.340 bits per heavy atom. The lowest BCUT2D eigenvalue weighted by molar-refractivity contribution is 0.674. The van der Waals surface area contributed by atoms with Crippen LogP contribution in [0, 0.1) is 0 Å². The van der Waals surface area contributed by atoms with Crippen molar-refractivity contribution in [1.82, 2.24) is 9.13 Å². The fourth-order valence-corrected chi connectivity index (χ4v) is 7.51. The van der Waals surface area contributed by atoms with Crippen LogP contribution in [0.4, 0.5) is 0 Å². The van der Waals surface area contributed by atoms with Crippen molar-refractivity contribution in [3.05, 3.63) is 170 Å². The van der Waals surface area contributed by atoms with E-state index >= 15 is 0 Å². The van der Waals surface area contributed by atoms with Gasteiger partial charge in [-0.05, 0) is 71.3 Å². The summed E-state index contributed by atoms with van der Waals surface area (Å²) in [6.07, 6.45) is 0. The summed E-state index contributed by atoms with van der Waals surface area (Å²) in [5.41, 5.74) is 13.3. The Balaban J connectivity index is 1.23. The third kappa shape index (κ3) is 3.81. The summed E-state index contributed by atoms with van der Waals surface area (Å²) in [4.78, 5) is 0. The van der Waals surface area contributed by atoms with Gasteiger partial charge in [0.1, 0.15) is 11.1 Å². The van der Waals surface area contributed by atoms with E-state index in [0.717, 1.165) is 55.5 Å². The second-order valence-electron chi connectivity index (χ2n) is 12.1. The molecule has 3 nitrogen and oxygen atoms in total. The van der Waals surface area contributed by atoms with Gasteiger partial charge in [0.15, 0.2) is 5.58 Å². The van der Waals surface area contributed by atoms with E-state index in [-0.39, 0.29) is 0 Å². The molecule has 0 aliphatic heterocycles. The quantitative estimate of drug-likeness (QED) is 0.197. The number of nitrogens with zero attached hydrogens (tertiary/aromatic N) is 2. The van der Waals surface area contributed by atoms with Crippen LogP contribution in [0.15, 0.2) is 174 Å². The molecule has 0 amide bonds. The summed E-state index contributed by atoms with van der Waals surface area (Å²) in [5.74, 6) is 0. The highest BCUT2D eigenvalue weighted by atomic mass is 16.3. The first-order chi connectivity index (χ1) is 23.3.